The summed E-state index contributed by atoms with van der Waals surface area (Å²) in [6.07, 6.45) is 6.22. The number of allylic oxidation sites excluding steroid dienone is 3. The van der Waals surface area contributed by atoms with Gasteiger partial charge in [-0.1, -0.05) is 24.8 Å². The minimum Gasteiger partial charge on any atom is -0.478 e. The van der Waals surface area contributed by atoms with Crippen molar-refractivity contribution in [3.05, 3.63) is 36.5 Å². The lowest BCUT2D eigenvalue weighted by Crippen LogP contribution is -1.95. The first-order valence-electron chi connectivity index (χ1n) is 2.91. The number of hydrogen-bond donors (Lipinski definition) is 1. The van der Waals surface area contributed by atoms with E-state index in [1.54, 1.807) is 12.2 Å². The first-order chi connectivity index (χ1) is 4.72. The van der Waals surface area contributed by atoms with Crippen LogP contribution in [0.15, 0.2) is 36.5 Å². The fourth-order valence-corrected chi connectivity index (χ4v) is 0.427. The second-order valence-corrected chi connectivity index (χ2v) is 1.66. The summed E-state index contributed by atoms with van der Waals surface area (Å²) >= 11 is 0. The number of aliphatic carboxylic acids is 1. The van der Waals surface area contributed by atoms with E-state index in [1.807, 2.05) is 6.92 Å². The van der Waals surface area contributed by atoms with Gasteiger partial charge in [-0.25, -0.2) is 4.79 Å². The highest BCUT2D eigenvalue weighted by molar-refractivity contribution is 5.89. The summed E-state index contributed by atoms with van der Waals surface area (Å²) in [6, 6.07) is 0. The summed E-state index contributed by atoms with van der Waals surface area (Å²) in [6.45, 7) is 5.17. The third-order valence-electron chi connectivity index (χ3n) is 0.935. The highest BCUT2D eigenvalue weighted by Crippen LogP contribution is 1.95. The molecule has 0 heterocycles. The fourth-order valence-electron chi connectivity index (χ4n) is 0.427. The first kappa shape index (κ1) is 8.69. The van der Waals surface area contributed by atoms with Gasteiger partial charge in [-0.15, -0.1) is 0 Å². The van der Waals surface area contributed by atoms with Gasteiger partial charge in [-0.2, -0.15) is 0 Å². The molecule has 0 rings (SSSR count). The molecular formula is C8H10O2. The van der Waals surface area contributed by atoms with Gasteiger partial charge in [-0.3, -0.25) is 0 Å². The molecule has 0 aromatic carbocycles. The van der Waals surface area contributed by atoms with Gasteiger partial charge in [0.15, 0.2) is 0 Å². The standard InChI is InChI=1S/C8H10O2/c1-3-5-6-7(4-2)8(9)10/h3-6H,2H2,1H3,(H,9,10)/b5-3-,7-6+. The van der Waals surface area contributed by atoms with Crippen LogP contribution in [0.2, 0.25) is 0 Å². The highest BCUT2D eigenvalue weighted by atomic mass is 16.4. The first-order valence-corrected chi connectivity index (χ1v) is 2.91. The molecule has 54 valence electrons. The molecule has 0 amide bonds. The van der Waals surface area contributed by atoms with Crippen LogP contribution in [0.25, 0.3) is 0 Å². The summed E-state index contributed by atoms with van der Waals surface area (Å²) in [7, 11) is 0. The molecule has 0 bridgehead atoms. The van der Waals surface area contributed by atoms with Gasteiger partial charge in [0.2, 0.25) is 0 Å². The Kier molecular flexibility index (Phi) is 3.96. The van der Waals surface area contributed by atoms with Crippen molar-refractivity contribution >= 4 is 5.97 Å². The van der Waals surface area contributed by atoms with Gasteiger partial charge in [-0.05, 0) is 13.0 Å². The smallest absolute Gasteiger partial charge is 0.335 e. The third-order valence-corrected chi connectivity index (χ3v) is 0.935. The van der Waals surface area contributed by atoms with Gasteiger partial charge >= 0.3 is 5.97 Å². The Morgan fingerprint density at radius 2 is 2.20 bits per heavy atom. The van der Waals surface area contributed by atoms with E-state index in [-0.39, 0.29) is 5.57 Å². The van der Waals surface area contributed by atoms with Crippen LogP contribution >= 0.6 is 0 Å². The average Bonchev–Trinajstić information content (AvgIpc) is 1.89. The van der Waals surface area contributed by atoms with Crippen molar-refractivity contribution in [1.82, 2.24) is 0 Å². The lowest BCUT2D eigenvalue weighted by molar-refractivity contribution is -0.132. The number of carboxylic acid groups (broad SMARTS) is 1. The van der Waals surface area contributed by atoms with Crippen LogP contribution in [-0.2, 0) is 4.79 Å². The zero-order valence-electron chi connectivity index (χ0n) is 5.87. The monoisotopic (exact) mass is 138 g/mol. The van der Waals surface area contributed by atoms with Crippen molar-refractivity contribution in [3.63, 3.8) is 0 Å². The molecule has 0 aliphatic carbocycles. The highest BCUT2D eigenvalue weighted by Gasteiger charge is 1.97. The molecule has 0 atom stereocenters. The van der Waals surface area contributed by atoms with E-state index in [4.69, 9.17) is 5.11 Å². The van der Waals surface area contributed by atoms with Crippen LogP contribution < -0.4 is 0 Å². The van der Waals surface area contributed by atoms with Gasteiger partial charge in [0.25, 0.3) is 0 Å². The van der Waals surface area contributed by atoms with E-state index in [9.17, 15) is 4.79 Å². The SMILES string of the molecule is C=C/C(=C\C=C/C)C(=O)O. The van der Waals surface area contributed by atoms with Crippen molar-refractivity contribution in [3.8, 4) is 0 Å². The summed E-state index contributed by atoms with van der Waals surface area (Å²) in [4.78, 5) is 10.3. The van der Waals surface area contributed by atoms with Crippen molar-refractivity contribution in [2.45, 2.75) is 6.92 Å². The second-order valence-electron chi connectivity index (χ2n) is 1.66. The van der Waals surface area contributed by atoms with E-state index in [2.05, 4.69) is 6.58 Å². The molecule has 0 radical (unpaired) electrons. The Morgan fingerprint density at radius 3 is 2.50 bits per heavy atom. The molecule has 0 aromatic heterocycles. The van der Waals surface area contributed by atoms with Crippen LogP contribution in [0.3, 0.4) is 0 Å². The number of carbonyl (C=O) groups is 1. The molecular weight excluding hydrogens is 128 g/mol. The molecule has 0 aliphatic heterocycles. The third kappa shape index (κ3) is 2.87. The zero-order valence-corrected chi connectivity index (χ0v) is 5.87. The Balaban J connectivity index is 4.33. The van der Waals surface area contributed by atoms with E-state index in [0.717, 1.165) is 0 Å². The summed E-state index contributed by atoms with van der Waals surface area (Å²) in [5, 5.41) is 8.43. The van der Waals surface area contributed by atoms with Crippen LogP contribution in [0.5, 0.6) is 0 Å². The van der Waals surface area contributed by atoms with Crippen molar-refractivity contribution in [1.29, 1.82) is 0 Å². The quantitative estimate of drug-likeness (QED) is 0.476. The molecule has 2 nitrogen and oxygen atoms in total. The van der Waals surface area contributed by atoms with Gasteiger partial charge in [0.05, 0.1) is 5.57 Å². The topological polar surface area (TPSA) is 37.3 Å². The number of rotatable bonds is 3. The number of hydrogen-bond acceptors (Lipinski definition) is 1. The normalized spacial score (nSPS) is 11.9. The molecule has 2 heteroatoms. The molecule has 10 heavy (non-hydrogen) atoms. The van der Waals surface area contributed by atoms with Crippen molar-refractivity contribution in [2.75, 3.05) is 0 Å². The van der Waals surface area contributed by atoms with E-state index < -0.39 is 5.97 Å². The van der Waals surface area contributed by atoms with Crippen LogP contribution in [0.4, 0.5) is 0 Å². The Hall–Kier alpha value is -1.31. The Morgan fingerprint density at radius 1 is 1.60 bits per heavy atom. The summed E-state index contributed by atoms with van der Waals surface area (Å²) in [5.74, 6) is -0.951. The summed E-state index contributed by atoms with van der Waals surface area (Å²) < 4.78 is 0. The molecule has 0 saturated heterocycles. The Bertz CT molecular complexity index is 187. The minimum atomic E-state index is -0.951. The van der Waals surface area contributed by atoms with Gasteiger partial charge in [0, 0.05) is 0 Å². The van der Waals surface area contributed by atoms with Gasteiger partial charge < -0.3 is 5.11 Å². The fraction of sp³-hybridized carbons (Fsp3) is 0.125. The van der Waals surface area contributed by atoms with Crippen molar-refractivity contribution < 1.29 is 9.90 Å². The molecule has 0 aliphatic rings. The minimum absolute atomic E-state index is 0.207. The second kappa shape index (κ2) is 4.56. The number of carboxylic acids is 1. The maximum Gasteiger partial charge on any atom is 0.335 e. The van der Waals surface area contributed by atoms with Crippen molar-refractivity contribution in [2.24, 2.45) is 0 Å². The van der Waals surface area contributed by atoms with E-state index >= 15 is 0 Å². The predicted molar refractivity (Wildman–Crippen MR) is 40.7 cm³/mol. The molecule has 0 saturated carbocycles. The van der Waals surface area contributed by atoms with Crippen LogP contribution in [-0.4, -0.2) is 11.1 Å². The molecule has 0 fully saturated rings. The average molecular weight is 138 g/mol. The van der Waals surface area contributed by atoms with Crippen LogP contribution in [0, 0.1) is 0 Å². The Labute approximate surface area is 60.2 Å². The lowest BCUT2D eigenvalue weighted by Gasteiger charge is -1.88. The summed E-state index contributed by atoms with van der Waals surface area (Å²) in [5.41, 5.74) is 0.207. The maximum atomic E-state index is 10.3. The van der Waals surface area contributed by atoms with Gasteiger partial charge in [0.1, 0.15) is 0 Å². The lowest BCUT2D eigenvalue weighted by atomic mass is 10.2. The molecule has 0 aromatic rings. The maximum absolute atomic E-state index is 10.3. The van der Waals surface area contributed by atoms with E-state index in [1.165, 1.54) is 12.2 Å². The molecule has 0 unspecified atom stereocenters. The molecule has 1 N–H and O–H groups in total. The van der Waals surface area contributed by atoms with Crippen LogP contribution in [0.1, 0.15) is 6.92 Å². The predicted octanol–water partition coefficient (Wildman–Crippen LogP) is 1.76. The zero-order chi connectivity index (χ0) is 7.98. The van der Waals surface area contributed by atoms with E-state index in [0.29, 0.717) is 0 Å². The largest absolute Gasteiger partial charge is 0.478 e. The molecule has 0 spiro atoms.